The van der Waals surface area contributed by atoms with Gasteiger partial charge in [-0.2, -0.15) is 27.1 Å². The van der Waals surface area contributed by atoms with Crippen molar-refractivity contribution in [2.24, 2.45) is 5.41 Å². The number of aromatic nitrogens is 2. The van der Waals surface area contributed by atoms with Crippen LogP contribution in [0, 0.1) is 5.41 Å². The zero-order chi connectivity index (χ0) is 21.3. The van der Waals surface area contributed by atoms with Gasteiger partial charge in [-0.25, -0.2) is 0 Å². The van der Waals surface area contributed by atoms with Crippen LogP contribution in [0.25, 0.3) is 11.3 Å². The lowest BCUT2D eigenvalue weighted by Gasteiger charge is -2.28. The third-order valence-corrected chi connectivity index (χ3v) is 4.92. The van der Waals surface area contributed by atoms with Gasteiger partial charge in [0, 0.05) is 12.1 Å². The van der Waals surface area contributed by atoms with Gasteiger partial charge in [-0.1, -0.05) is 38.4 Å². The Morgan fingerprint density at radius 3 is 2.32 bits per heavy atom. The van der Waals surface area contributed by atoms with Gasteiger partial charge in [0.05, 0.1) is 21.8 Å². The maximum absolute atomic E-state index is 13.2. The van der Waals surface area contributed by atoms with E-state index in [4.69, 9.17) is 11.6 Å². The summed E-state index contributed by atoms with van der Waals surface area (Å²) in [6.45, 7) is 3.10. The smallest absolute Gasteiger partial charge is 0.394 e. The van der Waals surface area contributed by atoms with Gasteiger partial charge in [0.2, 0.25) is 0 Å². The first-order chi connectivity index (χ1) is 12.9. The van der Waals surface area contributed by atoms with Crippen LogP contribution < -0.4 is 4.74 Å². The Labute approximate surface area is 165 Å². The van der Waals surface area contributed by atoms with E-state index in [1.165, 1.54) is 18.2 Å². The van der Waals surface area contributed by atoms with E-state index in [1.54, 1.807) is 4.68 Å². The van der Waals surface area contributed by atoms with Crippen molar-refractivity contribution in [3.05, 3.63) is 34.5 Å². The number of nitrogens with zero attached hydrogens (tertiary/aromatic N) is 2. The first-order valence-corrected chi connectivity index (χ1v) is 9.19. The van der Waals surface area contributed by atoms with E-state index in [2.05, 4.69) is 9.84 Å². The molecule has 156 valence electrons. The van der Waals surface area contributed by atoms with Crippen molar-refractivity contribution in [1.29, 1.82) is 0 Å². The van der Waals surface area contributed by atoms with Crippen LogP contribution in [0.15, 0.2) is 18.2 Å². The zero-order valence-corrected chi connectivity index (χ0v) is 16.8. The van der Waals surface area contributed by atoms with Crippen LogP contribution in [0.1, 0.15) is 39.0 Å². The van der Waals surface area contributed by atoms with Gasteiger partial charge in [-0.05, 0) is 37.5 Å². The molecule has 0 unspecified atom stereocenters. The highest BCUT2D eigenvalue weighted by molar-refractivity contribution is 6.33. The highest BCUT2D eigenvalue weighted by atomic mass is 35.5. The molecule has 2 rings (SSSR count). The maximum Gasteiger partial charge on any atom is 0.394 e. The van der Waals surface area contributed by atoms with Crippen molar-refractivity contribution >= 4 is 11.6 Å². The molecule has 0 saturated carbocycles. The van der Waals surface area contributed by atoms with E-state index < -0.39 is 18.2 Å². The Hall–Kier alpha value is -1.83. The topological polar surface area (TPSA) is 27.1 Å². The van der Waals surface area contributed by atoms with E-state index in [0.717, 1.165) is 13.8 Å². The van der Waals surface area contributed by atoms with E-state index >= 15 is 0 Å². The van der Waals surface area contributed by atoms with Crippen LogP contribution in [0.3, 0.4) is 0 Å². The minimum Gasteiger partial charge on any atom is -0.434 e. The highest BCUT2D eigenvalue weighted by Gasteiger charge is 2.47. The molecule has 0 spiro atoms. The number of aryl methyl sites for hydroxylation is 2. The number of halogens is 6. The van der Waals surface area contributed by atoms with Crippen molar-refractivity contribution in [2.75, 3.05) is 0 Å². The van der Waals surface area contributed by atoms with Crippen LogP contribution in [-0.2, 0) is 19.4 Å². The predicted molar refractivity (Wildman–Crippen MR) is 97.9 cm³/mol. The number of hydrogen-bond donors (Lipinski definition) is 0. The van der Waals surface area contributed by atoms with E-state index in [0.29, 0.717) is 29.4 Å². The second-order valence-electron chi connectivity index (χ2n) is 7.05. The highest BCUT2D eigenvalue weighted by Crippen LogP contribution is 2.42. The largest absolute Gasteiger partial charge is 0.434 e. The minimum atomic E-state index is -4.43. The monoisotopic (exact) mass is 424 g/mol. The van der Waals surface area contributed by atoms with Crippen molar-refractivity contribution in [1.82, 2.24) is 9.78 Å². The predicted octanol–water partition coefficient (Wildman–Crippen LogP) is 6.52. The number of ether oxygens (including phenoxy) is 1. The van der Waals surface area contributed by atoms with Crippen LogP contribution in [0.4, 0.5) is 22.0 Å². The number of rotatable bonds is 7. The molecule has 3 nitrogen and oxygen atoms in total. The molecule has 9 heteroatoms. The van der Waals surface area contributed by atoms with Gasteiger partial charge in [0.1, 0.15) is 5.75 Å². The molecule has 0 radical (unpaired) electrons. The average molecular weight is 425 g/mol. The van der Waals surface area contributed by atoms with Crippen LogP contribution >= 0.6 is 11.6 Å². The molecular weight excluding hydrogens is 403 g/mol. The average Bonchev–Trinajstić information content (AvgIpc) is 2.89. The minimum absolute atomic E-state index is 0.232. The summed E-state index contributed by atoms with van der Waals surface area (Å²) in [5, 5.41) is 4.66. The van der Waals surface area contributed by atoms with Gasteiger partial charge < -0.3 is 4.74 Å². The Balaban J connectivity index is 2.57. The lowest BCUT2D eigenvalue weighted by Crippen LogP contribution is -2.34. The molecule has 0 fully saturated rings. The molecule has 0 aliphatic carbocycles. The summed E-state index contributed by atoms with van der Waals surface area (Å²) in [5.74, 6) is -0.232. The Kier molecular flexibility index (Phi) is 6.63. The van der Waals surface area contributed by atoms with Gasteiger partial charge in [-0.15, -0.1) is 0 Å². The Morgan fingerprint density at radius 2 is 1.82 bits per heavy atom. The third kappa shape index (κ3) is 4.59. The Bertz CT molecular complexity index is 830. The van der Waals surface area contributed by atoms with E-state index in [9.17, 15) is 22.0 Å². The first-order valence-electron chi connectivity index (χ1n) is 8.81. The summed E-state index contributed by atoms with van der Waals surface area (Å²) < 4.78 is 71.7. The summed E-state index contributed by atoms with van der Waals surface area (Å²) in [5.41, 5.74) is -0.527. The number of alkyl halides is 5. The van der Waals surface area contributed by atoms with Crippen molar-refractivity contribution in [3.8, 4) is 17.0 Å². The second kappa shape index (κ2) is 8.27. The summed E-state index contributed by atoms with van der Waals surface area (Å²) in [6.07, 6.45) is -4.27. The fourth-order valence-corrected chi connectivity index (χ4v) is 3.25. The standard InChI is InChI=1S/C19H22ClF5N2O/c1-5-13-15(20)16(27(6-2)26-13)12-8-7-11(9-14(12)28-17(21)22)10-18(3,4)19(23,24)25/h7-9,17H,5-6,10H2,1-4H3. The quantitative estimate of drug-likeness (QED) is 0.473. The number of benzene rings is 1. The van der Waals surface area contributed by atoms with E-state index in [-0.39, 0.29) is 23.3 Å². The van der Waals surface area contributed by atoms with Crippen LogP contribution in [-0.4, -0.2) is 22.6 Å². The molecule has 2 aromatic rings. The van der Waals surface area contributed by atoms with Crippen molar-refractivity contribution in [2.45, 2.75) is 59.9 Å². The fourth-order valence-electron chi connectivity index (χ4n) is 2.88. The molecule has 0 bridgehead atoms. The van der Waals surface area contributed by atoms with Crippen LogP contribution in [0.2, 0.25) is 5.02 Å². The molecule has 0 aliphatic rings. The van der Waals surface area contributed by atoms with Gasteiger partial charge in [-0.3, -0.25) is 4.68 Å². The molecule has 0 atom stereocenters. The summed E-state index contributed by atoms with van der Waals surface area (Å²) in [4.78, 5) is 0. The SMILES string of the molecule is CCc1nn(CC)c(-c2ccc(CC(C)(C)C(F)(F)F)cc2OC(F)F)c1Cl. The Morgan fingerprint density at radius 1 is 1.18 bits per heavy atom. The second-order valence-corrected chi connectivity index (χ2v) is 7.42. The zero-order valence-electron chi connectivity index (χ0n) is 16.0. The molecule has 1 heterocycles. The molecular formula is C19H22ClF5N2O. The third-order valence-electron chi connectivity index (χ3n) is 4.53. The van der Waals surface area contributed by atoms with E-state index in [1.807, 2.05) is 13.8 Å². The molecule has 1 aromatic carbocycles. The normalized spacial score (nSPS) is 12.7. The first kappa shape index (κ1) is 22.5. The molecule has 1 aromatic heterocycles. The van der Waals surface area contributed by atoms with Gasteiger partial charge in [0.25, 0.3) is 0 Å². The summed E-state index contributed by atoms with van der Waals surface area (Å²) in [6, 6.07) is 4.13. The van der Waals surface area contributed by atoms with Gasteiger partial charge >= 0.3 is 12.8 Å². The fraction of sp³-hybridized carbons (Fsp3) is 0.526. The number of hydrogen-bond acceptors (Lipinski definition) is 2. The summed E-state index contributed by atoms with van der Waals surface area (Å²) in [7, 11) is 0. The van der Waals surface area contributed by atoms with Crippen molar-refractivity contribution < 1.29 is 26.7 Å². The molecule has 0 amide bonds. The maximum atomic E-state index is 13.2. The lowest BCUT2D eigenvalue weighted by atomic mass is 9.84. The van der Waals surface area contributed by atoms with Gasteiger partial charge in [0.15, 0.2) is 0 Å². The molecule has 0 N–H and O–H groups in total. The molecule has 28 heavy (non-hydrogen) atoms. The molecule has 0 aliphatic heterocycles. The van der Waals surface area contributed by atoms with Crippen molar-refractivity contribution in [3.63, 3.8) is 0 Å². The molecule has 0 saturated heterocycles. The van der Waals surface area contributed by atoms with Crippen LogP contribution in [0.5, 0.6) is 5.75 Å². The lowest BCUT2D eigenvalue weighted by molar-refractivity contribution is -0.211. The summed E-state index contributed by atoms with van der Waals surface area (Å²) >= 11 is 6.38.